The maximum Gasteiger partial charge on any atom is 0.252 e. The molecule has 107 heavy (non-hydrogen) atoms. The number of rotatable bonds is 11. The molecule has 2 aliphatic rings. The summed E-state index contributed by atoms with van der Waals surface area (Å²) in [6.45, 7) is 14.1. The average Bonchev–Trinajstić information content (AvgIpc) is 1.52. The van der Waals surface area contributed by atoms with Crippen molar-refractivity contribution in [3.8, 4) is 134 Å². The fraction of sp³-hybridized carbons (Fsp3) is 0.0784. The fourth-order valence-corrected chi connectivity index (χ4v) is 17.2. The van der Waals surface area contributed by atoms with Gasteiger partial charge in [0, 0.05) is 60.6 Å². The highest BCUT2D eigenvalue weighted by Crippen LogP contribution is 2.49. The molecule has 0 bridgehead atoms. The van der Waals surface area contributed by atoms with Gasteiger partial charge in [-0.05, 0) is 218 Å². The van der Waals surface area contributed by atoms with Crippen molar-refractivity contribution in [2.24, 2.45) is 0 Å². The molecule has 15 aromatic carbocycles. The molecule has 0 N–H and O–H groups in total. The van der Waals surface area contributed by atoms with Crippen molar-refractivity contribution in [2.75, 3.05) is 0 Å². The van der Waals surface area contributed by atoms with Gasteiger partial charge in [-0.1, -0.05) is 296 Å². The highest BCUT2D eigenvalue weighted by Gasteiger charge is 2.44. The van der Waals surface area contributed by atoms with Crippen molar-refractivity contribution in [2.45, 2.75) is 52.4 Å². The third kappa shape index (κ3) is 10.8. The number of nitrogens with zero attached hydrogens (tertiary/aromatic N) is 4. The monoisotopic (exact) mass is 1370 g/mol. The summed E-state index contributed by atoms with van der Waals surface area (Å²) in [4.78, 5) is 11.9. The summed E-state index contributed by atoms with van der Waals surface area (Å²) in [6.07, 6.45) is 0. The molecule has 18 aromatic rings. The zero-order chi connectivity index (χ0) is 71.8. The van der Waals surface area contributed by atoms with Crippen LogP contribution in [0.15, 0.2) is 346 Å². The second kappa shape index (κ2) is 24.9. The number of benzene rings is 15. The Bertz CT molecular complexity index is 6060. The molecule has 3 aromatic heterocycles. The number of aromatic nitrogens is 4. The van der Waals surface area contributed by atoms with Crippen molar-refractivity contribution >= 4 is 66.7 Å². The van der Waals surface area contributed by atoms with Crippen LogP contribution in [0.4, 0.5) is 0 Å². The van der Waals surface area contributed by atoms with Gasteiger partial charge in [0.1, 0.15) is 0 Å². The molecule has 2 aliphatic heterocycles. The van der Waals surface area contributed by atoms with Crippen molar-refractivity contribution in [1.82, 2.24) is 19.1 Å². The van der Waals surface area contributed by atoms with E-state index in [0.717, 1.165) is 117 Å². The smallest absolute Gasteiger partial charge is 0.252 e. The minimum atomic E-state index is -0.207. The van der Waals surface area contributed by atoms with E-state index in [-0.39, 0.29) is 17.5 Å². The number of fused-ring (bicyclic) bond motifs is 10. The second-order valence-corrected chi connectivity index (χ2v) is 31.3. The van der Waals surface area contributed by atoms with Gasteiger partial charge in [0.25, 0.3) is 6.71 Å². The van der Waals surface area contributed by atoms with Gasteiger partial charge in [0.05, 0.1) is 22.4 Å². The molecule has 0 radical (unpaired) electrons. The van der Waals surface area contributed by atoms with Gasteiger partial charge in [-0.25, -0.2) is 9.97 Å². The van der Waals surface area contributed by atoms with Crippen molar-refractivity contribution in [1.29, 1.82) is 0 Å². The molecule has 0 fully saturated rings. The predicted octanol–water partition coefficient (Wildman–Crippen LogP) is 24.7. The Morgan fingerprint density at radius 2 is 0.533 bits per heavy atom. The zero-order valence-electron chi connectivity index (χ0n) is 60.8. The SMILES string of the molecule is CC(C)(C)c1cc2c3c(c1)c1c(-c4ccccc4)cc(-c4ccccc4)cc1n3-c1cc(-c3cc(-c4cc(-c5ccccc5)cc(-c5ccccc5)c4)nc(-c4cc(-c5ccccc5)cc(-c5ccccc5)c4)n3)cc3c1B2c1cc(C(C)(C)C)cc2c4c(-c5ccccc5)cc(-c5ccccc5)cc4n-3c12. The first kappa shape index (κ1) is 63.7. The van der Waals surface area contributed by atoms with Crippen LogP contribution in [0.3, 0.4) is 0 Å². The zero-order valence-corrected chi connectivity index (χ0v) is 60.8. The molecule has 0 amide bonds. The van der Waals surface area contributed by atoms with Gasteiger partial charge in [-0.3, -0.25) is 0 Å². The van der Waals surface area contributed by atoms with Crippen molar-refractivity contribution < 1.29 is 0 Å². The minimum Gasteiger partial charge on any atom is -0.310 e. The maximum absolute atomic E-state index is 6.04. The third-order valence-electron chi connectivity index (χ3n) is 22.5. The topological polar surface area (TPSA) is 35.6 Å². The maximum atomic E-state index is 6.04. The predicted molar refractivity (Wildman–Crippen MR) is 453 cm³/mol. The summed E-state index contributed by atoms with van der Waals surface area (Å²) in [5, 5.41) is 4.97. The first-order valence-corrected chi connectivity index (χ1v) is 37.5. The first-order chi connectivity index (χ1) is 52.3. The van der Waals surface area contributed by atoms with Crippen LogP contribution in [-0.2, 0) is 10.8 Å². The fourth-order valence-electron chi connectivity index (χ4n) is 17.2. The second-order valence-electron chi connectivity index (χ2n) is 31.3. The van der Waals surface area contributed by atoms with E-state index in [1.165, 1.54) is 82.3 Å². The lowest BCUT2D eigenvalue weighted by molar-refractivity contribution is 0.591. The Kier molecular flexibility index (Phi) is 14.8. The Morgan fingerprint density at radius 3 is 0.850 bits per heavy atom. The lowest BCUT2D eigenvalue weighted by Gasteiger charge is -2.36. The normalized spacial score (nSPS) is 12.4. The highest BCUT2D eigenvalue weighted by atomic mass is 15.0. The summed E-state index contributed by atoms with van der Waals surface area (Å²) < 4.78 is 5.37. The van der Waals surface area contributed by atoms with E-state index in [1.54, 1.807) is 0 Å². The van der Waals surface area contributed by atoms with Crippen LogP contribution in [0.25, 0.3) is 178 Å². The molecule has 0 unspecified atom stereocenters. The van der Waals surface area contributed by atoms with Gasteiger partial charge in [-0.15, -0.1) is 0 Å². The molecule has 4 nitrogen and oxygen atoms in total. The van der Waals surface area contributed by atoms with Gasteiger partial charge in [-0.2, -0.15) is 0 Å². The Labute approximate surface area is 625 Å². The van der Waals surface area contributed by atoms with Gasteiger partial charge >= 0.3 is 0 Å². The molecule has 5 heterocycles. The lowest BCUT2D eigenvalue weighted by atomic mass is 9.34. The molecule has 20 rings (SSSR count). The minimum absolute atomic E-state index is 0.189. The standard InChI is InChI=1S/C102H75BN4/c1-101(2,3)81-59-85-95-83(70-43-27-13-28-44-70)53-76(68-39-23-11-24-40-68)55-91(95)106-93-57-79(58-94-97(93)103(87(61-81)98(85)106)88-62-82(102(4,5)6)60-86-96-84(71-45-29-14-30-46-71)54-77(69-41-25-12-26-42-69)56-92(96)107(94)99(86)88)90-63-89(78-49-72(64-31-15-7-16-32-64)47-73(50-78)65-33-17-8-18-34-65)104-100(105-90)80-51-74(66-35-19-9-20-36-66)48-75(52-80)67-37-21-10-22-38-67/h7-63H,1-6H3. The molecule has 0 atom stereocenters. The molecular formula is C102H75BN4. The van der Waals surface area contributed by atoms with E-state index in [4.69, 9.17) is 9.97 Å². The molecule has 0 saturated carbocycles. The molecule has 0 spiro atoms. The average molecular weight is 1370 g/mol. The van der Waals surface area contributed by atoms with Crippen molar-refractivity contribution in [3.63, 3.8) is 0 Å². The van der Waals surface area contributed by atoms with E-state index in [1.807, 2.05) is 0 Å². The number of hydrogen-bond acceptors (Lipinski definition) is 2. The Morgan fingerprint density at radius 1 is 0.252 bits per heavy atom. The largest absolute Gasteiger partial charge is 0.310 e. The molecular weight excluding hydrogens is 1290 g/mol. The van der Waals surface area contributed by atoms with E-state index < -0.39 is 0 Å². The molecule has 506 valence electrons. The summed E-state index contributed by atoms with van der Waals surface area (Å²) in [6, 6.07) is 129. The van der Waals surface area contributed by atoms with Crippen LogP contribution < -0.4 is 16.4 Å². The molecule has 0 saturated heterocycles. The van der Waals surface area contributed by atoms with Crippen LogP contribution in [0.2, 0.25) is 0 Å². The van der Waals surface area contributed by atoms with E-state index in [2.05, 4.69) is 396 Å². The Hall–Kier alpha value is -13.0. The first-order valence-electron chi connectivity index (χ1n) is 37.5. The van der Waals surface area contributed by atoms with E-state index in [0.29, 0.717) is 5.82 Å². The van der Waals surface area contributed by atoms with Gasteiger partial charge < -0.3 is 9.13 Å². The van der Waals surface area contributed by atoms with Crippen LogP contribution >= 0.6 is 0 Å². The summed E-state index contributed by atoms with van der Waals surface area (Å²) in [5.41, 5.74) is 35.9. The van der Waals surface area contributed by atoms with Gasteiger partial charge in [0.2, 0.25) is 0 Å². The van der Waals surface area contributed by atoms with Crippen LogP contribution in [0.1, 0.15) is 52.7 Å². The van der Waals surface area contributed by atoms with Crippen molar-refractivity contribution in [3.05, 3.63) is 357 Å². The van der Waals surface area contributed by atoms with Crippen LogP contribution in [0, 0.1) is 0 Å². The Balaban J connectivity index is 0.971. The summed E-state index contributed by atoms with van der Waals surface area (Å²) in [5.74, 6) is 0.630. The molecule has 5 heteroatoms. The third-order valence-corrected chi connectivity index (χ3v) is 22.5. The summed E-state index contributed by atoms with van der Waals surface area (Å²) in [7, 11) is 0. The van der Waals surface area contributed by atoms with Gasteiger partial charge in [0.15, 0.2) is 5.82 Å². The summed E-state index contributed by atoms with van der Waals surface area (Å²) >= 11 is 0. The van der Waals surface area contributed by atoms with E-state index >= 15 is 0 Å². The number of hydrogen-bond donors (Lipinski definition) is 0. The quantitative estimate of drug-likeness (QED) is 0.121. The van der Waals surface area contributed by atoms with Crippen LogP contribution in [0.5, 0.6) is 0 Å². The van der Waals surface area contributed by atoms with E-state index in [9.17, 15) is 0 Å². The lowest BCUT2D eigenvalue weighted by Crippen LogP contribution is -2.59. The van der Waals surface area contributed by atoms with Crippen LogP contribution in [-0.4, -0.2) is 25.8 Å². The highest BCUT2D eigenvalue weighted by molar-refractivity contribution is 7.00. The molecule has 0 aliphatic carbocycles.